The number of likely N-dealkylation sites (N-methyl/N-ethyl adjacent to an activating group) is 1. The van der Waals surface area contributed by atoms with E-state index < -0.39 is 0 Å². The van der Waals surface area contributed by atoms with Crippen LogP contribution in [-0.2, 0) is 37.1 Å². The summed E-state index contributed by atoms with van der Waals surface area (Å²) < 4.78 is 1.74. The molecule has 9 nitrogen and oxygen atoms in total. The number of nitrogens with one attached hydrogen (secondary N) is 1. The molecule has 0 aliphatic carbocycles. The SMILES string of the molecule is Cc1c(C)c(-c2cc3c(cc2C(=O)N2Cc4ccccc4C[C@H]2C)CN(C(=O)Cc2cccc(N4CCN(C)CC4)c2)CC3)n(C(=O)Nc2ccccc2)c1C. The number of amides is 3. The van der Waals surface area contributed by atoms with Gasteiger partial charge in [0.2, 0.25) is 5.91 Å². The molecule has 3 aliphatic rings. The molecule has 288 valence electrons. The lowest BCUT2D eigenvalue weighted by atomic mass is 9.89. The molecule has 3 aliphatic heterocycles. The molecule has 1 saturated heterocycles. The molecule has 8 rings (SSSR count). The minimum atomic E-state index is -0.273. The minimum absolute atomic E-state index is 0.0151. The van der Waals surface area contributed by atoms with Gasteiger partial charge in [0.15, 0.2) is 0 Å². The molecule has 1 atom stereocenters. The molecule has 0 radical (unpaired) electrons. The highest BCUT2D eigenvalue weighted by Crippen LogP contribution is 2.38. The highest BCUT2D eigenvalue weighted by molar-refractivity contribution is 6.04. The Balaban J connectivity index is 1.14. The fraction of sp³-hybridized carbons (Fsp3) is 0.340. The largest absolute Gasteiger partial charge is 0.369 e. The lowest BCUT2D eigenvalue weighted by molar-refractivity contribution is -0.131. The number of rotatable bonds is 6. The van der Waals surface area contributed by atoms with Crippen molar-refractivity contribution in [3.8, 4) is 11.3 Å². The summed E-state index contributed by atoms with van der Waals surface area (Å²) in [6.45, 7) is 13.7. The number of carbonyl (C=O) groups is 3. The second-order valence-corrected chi connectivity index (χ2v) is 15.9. The highest BCUT2D eigenvalue weighted by Gasteiger charge is 2.33. The lowest BCUT2D eigenvalue weighted by Crippen LogP contribution is -2.44. The van der Waals surface area contributed by atoms with Gasteiger partial charge in [-0.2, -0.15) is 0 Å². The highest BCUT2D eigenvalue weighted by atomic mass is 16.2. The molecule has 0 unspecified atom stereocenters. The van der Waals surface area contributed by atoms with Gasteiger partial charge in [0.25, 0.3) is 5.91 Å². The van der Waals surface area contributed by atoms with Gasteiger partial charge in [0.05, 0.1) is 12.1 Å². The van der Waals surface area contributed by atoms with Crippen molar-refractivity contribution in [2.75, 3.05) is 50.0 Å². The summed E-state index contributed by atoms with van der Waals surface area (Å²) in [5.74, 6) is 0.0119. The molecule has 4 heterocycles. The second kappa shape index (κ2) is 15.5. The topological polar surface area (TPSA) is 81.1 Å². The van der Waals surface area contributed by atoms with E-state index in [0.717, 1.165) is 82.9 Å². The van der Waals surface area contributed by atoms with E-state index in [2.05, 4.69) is 71.6 Å². The Bertz CT molecular complexity index is 2300. The summed E-state index contributed by atoms with van der Waals surface area (Å²) in [7, 11) is 2.16. The minimum Gasteiger partial charge on any atom is -0.369 e. The maximum Gasteiger partial charge on any atom is 0.330 e. The first-order valence-corrected chi connectivity index (χ1v) is 19.9. The average Bonchev–Trinajstić information content (AvgIpc) is 3.44. The number of hydrogen-bond donors (Lipinski definition) is 1. The van der Waals surface area contributed by atoms with E-state index in [-0.39, 0.29) is 23.9 Å². The number of hydrogen-bond acceptors (Lipinski definition) is 5. The summed E-state index contributed by atoms with van der Waals surface area (Å²) in [6.07, 6.45) is 1.76. The van der Waals surface area contributed by atoms with E-state index in [9.17, 15) is 9.59 Å². The van der Waals surface area contributed by atoms with E-state index in [4.69, 9.17) is 0 Å². The molecule has 56 heavy (non-hydrogen) atoms. The summed E-state index contributed by atoms with van der Waals surface area (Å²) in [4.78, 5) is 51.8. The smallest absolute Gasteiger partial charge is 0.330 e. The van der Waals surface area contributed by atoms with E-state index in [1.165, 1.54) is 11.3 Å². The van der Waals surface area contributed by atoms with Crippen LogP contribution in [0.25, 0.3) is 11.3 Å². The third kappa shape index (κ3) is 7.23. The first-order valence-electron chi connectivity index (χ1n) is 19.9. The summed E-state index contributed by atoms with van der Waals surface area (Å²) in [5, 5.41) is 3.08. The molecule has 5 aromatic rings. The molecule has 0 bridgehead atoms. The lowest BCUT2D eigenvalue weighted by Gasteiger charge is -2.36. The van der Waals surface area contributed by atoms with Crippen LogP contribution in [0.1, 0.15) is 61.9 Å². The van der Waals surface area contributed by atoms with Crippen LogP contribution in [0.4, 0.5) is 16.2 Å². The van der Waals surface area contributed by atoms with Crippen LogP contribution in [0.5, 0.6) is 0 Å². The average molecular weight is 749 g/mol. The van der Waals surface area contributed by atoms with E-state index in [1.54, 1.807) is 4.57 Å². The Kier molecular flexibility index (Phi) is 10.3. The van der Waals surface area contributed by atoms with Gasteiger partial charge in [-0.1, -0.05) is 54.6 Å². The van der Waals surface area contributed by atoms with Crippen molar-refractivity contribution in [3.05, 3.63) is 141 Å². The molecular weight excluding hydrogens is 697 g/mol. The number of piperazine rings is 1. The van der Waals surface area contributed by atoms with Gasteiger partial charge < -0.3 is 24.9 Å². The maximum absolute atomic E-state index is 15.0. The van der Waals surface area contributed by atoms with E-state index in [0.29, 0.717) is 43.7 Å². The van der Waals surface area contributed by atoms with Gasteiger partial charge in [-0.3, -0.25) is 14.2 Å². The number of carbonyl (C=O) groups excluding carboxylic acids is 3. The van der Waals surface area contributed by atoms with Crippen molar-refractivity contribution in [2.45, 2.75) is 66.1 Å². The Morgan fingerprint density at radius 2 is 1.46 bits per heavy atom. The Morgan fingerprint density at radius 3 is 2.23 bits per heavy atom. The van der Waals surface area contributed by atoms with Crippen molar-refractivity contribution < 1.29 is 14.4 Å². The predicted octanol–water partition coefficient (Wildman–Crippen LogP) is 7.63. The first-order chi connectivity index (χ1) is 27.0. The molecule has 1 N–H and O–H groups in total. The quantitative estimate of drug-likeness (QED) is 0.193. The van der Waals surface area contributed by atoms with Crippen LogP contribution in [-0.4, -0.2) is 82.9 Å². The third-order valence-corrected chi connectivity index (χ3v) is 12.3. The van der Waals surface area contributed by atoms with Gasteiger partial charge in [-0.25, -0.2) is 4.79 Å². The maximum atomic E-state index is 15.0. The number of aromatic nitrogens is 1. The number of fused-ring (bicyclic) bond motifs is 2. The molecule has 3 amide bonds. The van der Waals surface area contributed by atoms with Crippen LogP contribution in [0.2, 0.25) is 0 Å². The second-order valence-electron chi connectivity index (χ2n) is 15.9. The van der Waals surface area contributed by atoms with Gasteiger partial charge in [0, 0.05) is 80.1 Å². The number of anilines is 2. The molecular formula is C47H52N6O3. The van der Waals surface area contributed by atoms with Crippen molar-refractivity contribution >= 4 is 29.2 Å². The zero-order valence-electron chi connectivity index (χ0n) is 33.3. The van der Waals surface area contributed by atoms with Crippen molar-refractivity contribution in [3.63, 3.8) is 0 Å². The van der Waals surface area contributed by atoms with Crippen molar-refractivity contribution in [2.24, 2.45) is 0 Å². The molecule has 0 spiro atoms. The fourth-order valence-corrected chi connectivity index (χ4v) is 8.74. The Morgan fingerprint density at radius 1 is 0.732 bits per heavy atom. The normalized spacial score (nSPS) is 17.0. The summed E-state index contributed by atoms with van der Waals surface area (Å²) in [6, 6.07) is 30.1. The summed E-state index contributed by atoms with van der Waals surface area (Å²) >= 11 is 0. The Hall–Kier alpha value is -5.67. The van der Waals surface area contributed by atoms with Crippen LogP contribution >= 0.6 is 0 Å². The van der Waals surface area contributed by atoms with Crippen LogP contribution in [0.3, 0.4) is 0 Å². The molecule has 4 aromatic carbocycles. The first kappa shape index (κ1) is 37.3. The van der Waals surface area contributed by atoms with Gasteiger partial charge in [0.1, 0.15) is 0 Å². The number of para-hydroxylation sites is 1. The van der Waals surface area contributed by atoms with Crippen LogP contribution < -0.4 is 10.2 Å². The van der Waals surface area contributed by atoms with E-state index >= 15 is 4.79 Å². The van der Waals surface area contributed by atoms with Gasteiger partial charge in [-0.15, -0.1) is 0 Å². The molecule has 0 saturated carbocycles. The van der Waals surface area contributed by atoms with Crippen LogP contribution in [0, 0.1) is 20.8 Å². The zero-order chi connectivity index (χ0) is 39.1. The summed E-state index contributed by atoms with van der Waals surface area (Å²) in [5.41, 5.74) is 12.2. The van der Waals surface area contributed by atoms with Crippen molar-refractivity contribution in [1.29, 1.82) is 0 Å². The fourth-order valence-electron chi connectivity index (χ4n) is 8.74. The standard InChI is InChI=1S/C47H52N6O3/c1-31-24-36-13-9-10-14-38(36)30-52(31)46(55)43-28-39-29-51(44(54)26-35-12-11-17-41(25-35)50-22-20-49(5)21-23-50)19-18-37(39)27-42(43)45-33(3)32(2)34(4)53(45)47(56)48-40-15-7-6-8-16-40/h6-17,25,27-28,31H,18-24,26,29-30H2,1-5H3,(H,48,56)/t31-/m1/s1. The molecule has 1 aromatic heterocycles. The number of benzene rings is 4. The third-order valence-electron chi connectivity index (χ3n) is 12.3. The Labute approximate surface area is 330 Å². The number of nitrogens with zero attached hydrogens (tertiary/aromatic N) is 5. The van der Waals surface area contributed by atoms with Gasteiger partial charge >= 0.3 is 6.03 Å². The zero-order valence-corrected chi connectivity index (χ0v) is 33.3. The predicted molar refractivity (Wildman–Crippen MR) is 223 cm³/mol. The van der Waals surface area contributed by atoms with Gasteiger partial charge in [-0.05, 0) is 123 Å². The van der Waals surface area contributed by atoms with Crippen molar-refractivity contribution in [1.82, 2.24) is 19.3 Å². The molecule has 9 heteroatoms. The van der Waals surface area contributed by atoms with E-state index in [1.807, 2.05) is 79.1 Å². The monoisotopic (exact) mass is 748 g/mol. The molecule has 1 fully saturated rings. The van der Waals surface area contributed by atoms with Crippen LogP contribution in [0.15, 0.2) is 91.0 Å².